The van der Waals surface area contributed by atoms with Gasteiger partial charge in [-0.1, -0.05) is 12.1 Å². The normalized spacial score (nSPS) is 10.6. The SMILES string of the molecule is [C-]#[N+]c1ccc(OCCCN(C)CCN(C)CCCOc2ccc(C#N)cc2)cc1. The number of nitriles is 1. The molecule has 0 aromatic heterocycles. The number of rotatable bonds is 13. The Balaban J connectivity index is 1.49. The van der Waals surface area contributed by atoms with Gasteiger partial charge in [0.25, 0.3) is 0 Å². The van der Waals surface area contributed by atoms with Gasteiger partial charge in [0, 0.05) is 26.2 Å². The molecule has 0 aliphatic rings. The van der Waals surface area contributed by atoms with Gasteiger partial charge in [0.1, 0.15) is 11.5 Å². The molecule has 6 heteroatoms. The van der Waals surface area contributed by atoms with Gasteiger partial charge in [0.15, 0.2) is 5.69 Å². The molecule has 6 nitrogen and oxygen atoms in total. The van der Waals surface area contributed by atoms with Crippen LogP contribution >= 0.6 is 0 Å². The Morgan fingerprint density at radius 3 is 1.70 bits per heavy atom. The largest absolute Gasteiger partial charge is 0.494 e. The second-order valence-electron chi connectivity index (χ2n) is 7.25. The highest BCUT2D eigenvalue weighted by Crippen LogP contribution is 2.17. The summed E-state index contributed by atoms with van der Waals surface area (Å²) in [5.41, 5.74) is 1.28. The predicted molar refractivity (Wildman–Crippen MR) is 119 cm³/mol. The molecule has 0 aliphatic heterocycles. The molecule has 2 rings (SSSR count). The van der Waals surface area contributed by atoms with E-state index in [1.807, 2.05) is 24.3 Å². The van der Waals surface area contributed by atoms with Crippen molar-refractivity contribution in [3.8, 4) is 17.6 Å². The highest BCUT2D eigenvalue weighted by atomic mass is 16.5. The molecule has 0 amide bonds. The summed E-state index contributed by atoms with van der Waals surface area (Å²) < 4.78 is 11.4. The minimum absolute atomic E-state index is 0.632. The lowest BCUT2D eigenvalue weighted by atomic mass is 10.2. The van der Waals surface area contributed by atoms with Gasteiger partial charge in [-0.3, -0.25) is 0 Å². The van der Waals surface area contributed by atoms with Crippen LogP contribution in [-0.4, -0.2) is 63.3 Å². The molecule has 0 saturated carbocycles. The average molecular weight is 407 g/mol. The Hall–Kier alpha value is -3.06. The minimum Gasteiger partial charge on any atom is -0.494 e. The number of ether oxygens (including phenoxy) is 2. The summed E-state index contributed by atoms with van der Waals surface area (Å²) >= 11 is 0. The minimum atomic E-state index is 0.632. The van der Waals surface area contributed by atoms with Gasteiger partial charge in [0.2, 0.25) is 0 Å². The first-order valence-electron chi connectivity index (χ1n) is 10.2. The summed E-state index contributed by atoms with van der Waals surface area (Å²) in [6, 6.07) is 16.6. The van der Waals surface area contributed by atoms with Gasteiger partial charge in [-0.2, -0.15) is 5.26 Å². The zero-order valence-electron chi connectivity index (χ0n) is 17.9. The Morgan fingerprint density at radius 2 is 1.27 bits per heavy atom. The molecule has 0 atom stereocenters. The average Bonchev–Trinajstić information content (AvgIpc) is 2.79. The molecule has 0 saturated heterocycles. The van der Waals surface area contributed by atoms with E-state index in [-0.39, 0.29) is 0 Å². The number of hydrogen-bond acceptors (Lipinski definition) is 5. The standard InChI is InChI=1S/C24H30N4O2/c1-26-22-8-12-24(13-9-22)30-19-5-15-28(3)17-16-27(2)14-4-18-29-23-10-6-21(20-25)7-11-23/h6-13H,4-5,14-19H2,2-3H3. The van der Waals surface area contributed by atoms with Crippen LogP contribution in [0.25, 0.3) is 4.85 Å². The number of nitrogens with zero attached hydrogens (tertiary/aromatic N) is 4. The molecule has 0 fully saturated rings. The zero-order valence-corrected chi connectivity index (χ0v) is 17.9. The van der Waals surface area contributed by atoms with Crippen molar-refractivity contribution in [2.24, 2.45) is 0 Å². The molecule has 2 aromatic carbocycles. The summed E-state index contributed by atoms with van der Waals surface area (Å²) in [5, 5.41) is 8.80. The molecule has 0 heterocycles. The van der Waals surface area contributed by atoms with Crippen LogP contribution in [0.1, 0.15) is 18.4 Å². The maximum atomic E-state index is 8.80. The zero-order chi connectivity index (χ0) is 21.6. The first kappa shape index (κ1) is 23.2. The third-order valence-electron chi connectivity index (χ3n) is 4.72. The molecule has 0 radical (unpaired) electrons. The maximum Gasteiger partial charge on any atom is 0.187 e. The summed E-state index contributed by atoms with van der Waals surface area (Å²) in [6.07, 6.45) is 1.92. The Morgan fingerprint density at radius 1 is 0.800 bits per heavy atom. The molecular formula is C24H30N4O2. The third-order valence-corrected chi connectivity index (χ3v) is 4.72. The molecule has 0 aliphatic carbocycles. The highest BCUT2D eigenvalue weighted by Gasteiger charge is 2.03. The second kappa shape index (κ2) is 13.2. The van der Waals surface area contributed by atoms with Crippen molar-refractivity contribution in [2.75, 3.05) is 53.5 Å². The van der Waals surface area contributed by atoms with Crippen LogP contribution in [0, 0.1) is 17.9 Å². The molecule has 2 aromatic rings. The Bertz CT molecular complexity index is 751. The summed E-state index contributed by atoms with van der Waals surface area (Å²) in [5.74, 6) is 1.62. The predicted octanol–water partition coefficient (Wildman–Crippen LogP) is 4.21. The smallest absolute Gasteiger partial charge is 0.187 e. The molecular weight excluding hydrogens is 376 g/mol. The van der Waals surface area contributed by atoms with E-state index in [4.69, 9.17) is 21.3 Å². The molecule has 0 spiro atoms. The summed E-state index contributed by atoms with van der Waals surface area (Å²) in [6.45, 7) is 12.3. The van der Waals surface area contributed by atoms with E-state index in [1.165, 1.54) is 0 Å². The van der Waals surface area contributed by atoms with Crippen LogP contribution < -0.4 is 9.47 Å². The topological polar surface area (TPSA) is 53.1 Å². The van der Waals surface area contributed by atoms with E-state index in [2.05, 4.69) is 34.8 Å². The van der Waals surface area contributed by atoms with Gasteiger partial charge in [0.05, 0.1) is 31.4 Å². The highest BCUT2D eigenvalue weighted by molar-refractivity contribution is 5.46. The van der Waals surface area contributed by atoms with E-state index in [9.17, 15) is 0 Å². The molecule has 0 bridgehead atoms. The van der Waals surface area contributed by atoms with Crippen molar-refractivity contribution in [1.29, 1.82) is 5.26 Å². The van der Waals surface area contributed by atoms with Crippen molar-refractivity contribution in [3.05, 3.63) is 65.5 Å². The van der Waals surface area contributed by atoms with Crippen LogP contribution in [0.2, 0.25) is 0 Å². The Kier molecular flexibility index (Phi) is 10.2. The number of hydrogen-bond donors (Lipinski definition) is 0. The van der Waals surface area contributed by atoms with Crippen molar-refractivity contribution in [3.63, 3.8) is 0 Å². The van der Waals surface area contributed by atoms with Crippen LogP contribution in [0.15, 0.2) is 48.5 Å². The fraction of sp³-hybridized carbons (Fsp3) is 0.417. The Labute approximate surface area is 180 Å². The van der Waals surface area contributed by atoms with E-state index < -0.39 is 0 Å². The molecule has 0 unspecified atom stereocenters. The third kappa shape index (κ3) is 8.96. The molecule has 158 valence electrons. The lowest BCUT2D eigenvalue weighted by molar-refractivity contribution is 0.221. The second-order valence-corrected chi connectivity index (χ2v) is 7.25. The molecule has 0 N–H and O–H groups in total. The quantitative estimate of drug-likeness (QED) is 0.368. The number of likely N-dealkylation sites (N-methyl/N-ethyl adjacent to an activating group) is 2. The van der Waals surface area contributed by atoms with Crippen molar-refractivity contribution in [2.45, 2.75) is 12.8 Å². The number of benzene rings is 2. The molecule has 30 heavy (non-hydrogen) atoms. The van der Waals surface area contributed by atoms with Crippen molar-refractivity contribution in [1.82, 2.24) is 9.80 Å². The summed E-state index contributed by atoms with van der Waals surface area (Å²) in [7, 11) is 4.26. The van der Waals surface area contributed by atoms with E-state index in [0.29, 0.717) is 24.5 Å². The van der Waals surface area contributed by atoms with Crippen LogP contribution in [0.3, 0.4) is 0 Å². The van der Waals surface area contributed by atoms with E-state index in [1.54, 1.807) is 24.3 Å². The maximum absolute atomic E-state index is 8.80. The van der Waals surface area contributed by atoms with Gasteiger partial charge in [-0.25, -0.2) is 4.85 Å². The van der Waals surface area contributed by atoms with Crippen LogP contribution in [0.4, 0.5) is 5.69 Å². The van der Waals surface area contributed by atoms with Crippen molar-refractivity contribution < 1.29 is 9.47 Å². The van der Waals surface area contributed by atoms with Gasteiger partial charge < -0.3 is 19.3 Å². The van der Waals surface area contributed by atoms with Crippen molar-refractivity contribution >= 4 is 5.69 Å². The fourth-order valence-electron chi connectivity index (χ4n) is 2.86. The summed E-state index contributed by atoms with van der Waals surface area (Å²) in [4.78, 5) is 8.00. The van der Waals surface area contributed by atoms with Crippen LogP contribution in [0.5, 0.6) is 11.5 Å². The lowest BCUT2D eigenvalue weighted by Gasteiger charge is -2.22. The van der Waals surface area contributed by atoms with Gasteiger partial charge in [-0.05, 0) is 63.3 Å². The lowest BCUT2D eigenvalue weighted by Crippen LogP contribution is -2.32. The van der Waals surface area contributed by atoms with E-state index in [0.717, 1.165) is 50.5 Å². The first-order chi connectivity index (χ1) is 14.6. The van der Waals surface area contributed by atoms with Crippen LogP contribution in [-0.2, 0) is 0 Å². The van der Waals surface area contributed by atoms with Gasteiger partial charge >= 0.3 is 0 Å². The monoisotopic (exact) mass is 406 g/mol. The van der Waals surface area contributed by atoms with E-state index >= 15 is 0 Å². The fourth-order valence-corrected chi connectivity index (χ4v) is 2.86. The van der Waals surface area contributed by atoms with Gasteiger partial charge in [-0.15, -0.1) is 0 Å². The first-order valence-corrected chi connectivity index (χ1v) is 10.2.